The van der Waals surface area contributed by atoms with E-state index in [9.17, 15) is 0 Å². The summed E-state index contributed by atoms with van der Waals surface area (Å²) in [6.45, 7) is 8.26. The highest BCUT2D eigenvalue weighted by atomic mass is 15.3. The van der Waals surface area contributed by atoms with Crippen molar-refractivity contribution in [1.82, 2.24) is 19.6 Å². The van der Waals surface area contributed by atoms with Crippen molar-refractivity contribution in [1.29, 1.82) is 0 Å². The lowest BCUT2D eigenvalue weighted by Gasteiger charge is -2.33. The number of nitrogens with zero attached hydrogens (tertiary/aromatic N) is 4. The Bertz CT molecular complexity index is 431. The van der Waals surface area contributed by atoms with Crippen LogP contribution in [0.4, 0.5) is 0 Å². The van der Waals surface area contributed by atoms with Crippen LogP contribution in [0.1, 0.15) is 57.3 Å². The van der Waals surface area contributed by atoms with E-state index in [0.29, 0.717) is 18.1 Å². The molecule has 2 fully saturated rings. The van der Waals surface area contributed by atoms with Crippen molar-refractivity contribution < 1.29 is 0 Å². The summed E-state index contributed by atoms with van der Waals surface area (Å²) >= 11 is 0. The summed E-state index contributed by atoms with van der Waals surface area (Å²) in [5.74, 6) is 0. The first-order chi connectivity index (χ1) is 9.66. The Hall–Kier alpha value is -0.870. The number of rotatable bonds is 3. The van der Waals surface area contributed by atoms with E-state index >= 15 is 0 Å². The minimum atomic E-state index is 0.581. The van der Waals surface area contributed by atoms with Crippen LogP contribution in [0.2, 0.25) is 0 Å². The molecule has 2 aliphatic rings. The van der Waals surface area contributed by atoms with Gasteiger partial charge in [-0.1, -0.05) is 0 Å². The van der Waals surface area contributed by atoms with E-state index < -0.39 is 0 Å². The lowest BCUT2D eigenvalue weighted by atomic mass is 10.0. The van der Waals surface area contributed by atoms with E-state index in [-0.39, 0.29) is 0 Å². The van der Waals surface area contributed by atoms with Crippen LogP contribution in [0.25, 0.3) is 0 Å². The van der Waals surface area contributed by atoms with Gasteiger partial charge in [-0.25, -0.2) is 0 Å². The summed E-state index contributed by atoms with van der Waals surface area (Å²) < 4.78 is 2.35. The maximum atomic E-state index is 4.67. The molecule has 0 aliphatic carbocycles. The number of likely N-dealkylation sites (tertiary alicyclic amines) is 2. The minimum Gasteiger partial charge on any atom is -0.306 e. The van der Waals surface area contributed by atoms with Gasteiger partial charge >= 0.3 is 0 Å². The van der Waals surface area contributed by atoms with Crippen molar-refractivity contribution in [3.05, 3.63) is 18.0 Å². The van der Waals surface area contributed by atoms with Crippen LogP contribution >= 0.6 is 0 Å². The molecule has 4 heteroatoms. The second kappa shape index (κ2) is 5.86. The third-order valence-corrected chi connectivity index (χ3v) is 5.03. The predicted octanol–water partition coefficient (Wildman–Crippen LogP) is 2.70. The molecule has 0 aromatic carbocycles. The molecule has 1 aromatic rings. The Kier molecular flexibility index (Phi) is 4.13. The van der Waals surface area contributed by atoms with Crippen LogP contribution in [0.5, 0.6) is 0 Å². The standard InChI is InChI=1S/C16H28N4/c1-13(2)19-10-4-5-15(19)16-6-9-17-20(16)14-7-11-18(3)12-8-14/h6,9,13-15H,4-5,7-8,10-12H2,1-3H3. The van der Waals surface area contributed by atoms with Crippen LogP contribution in [0.3, 0.4) is 0 Å². The monoisotopic (exact) mass is 276 g/mol. The van der Waals surface area contributed by atoms with Gasteiger partial charge in [0.15, 0.2) is 0 Å². The van der Waals surface area contributed by atoms with Gasteiger partial charge in [-0.15, -0.1) is 0 Å². The Morgan fingerprint density at radius 2 is 1.90 bits per heavy atom. The highest BCUT2D eigenvalue weighted by Crippen LogP contribution is 2.35. The first-order valence-corrected chi connectivity index (χ1v) is 8.14. The van der Waals surface area contributed by atoms with Crippen molar-refractivity contribution in [2.45, 2.75) is 57.7 Å². The Balaban J connectivity index is 1.79. The summed E-state index contributed by atoms with van der Waals surface area (Å²) in [5.41, 5.74) is 1.45. The topological polar surface area (TPSA) is 24.3 Å². The molecule has 2 aliphatic heterocycles. The highest BCUT2D eigenvalue weighted by molar-refractivity contribution is 5.11. The lowest BCUT2D eigenvalue weighted by Crippen LogP contribution is -2.35. The van der Waals surface area contributed by atoms with E-state index in [4.69, 9.17) is 0 Å². The van der Waals surface area contributed by atoms with Gasteiger partial charge in [0.05, 0.1) is 17.8 Å². The molecule has 112 valence electrons. The fourth-order valence-electron chi connectivity index (χ4n) is 3.86. The van der Waals surface area contributed by atoms with Crippen LogP contribution in [-0.4, -0.2) is 52.3 Å². The third-order valence-electron chi connectivity index (χ3n) is 5.03. The summed E-state index contributed by atoms with van der Waals surface area (Å²) in [6.07, 6.45) is 7.08. The minimum absolute atomic E-state index is 0.581. The largest absolute Gasteiger partial charge is 0.306 e. The summed E-state index contributed by atoms with van der Waals surface area (Å²) in [6, 6.07) is 4.07. The van der Waals surface area contributed by atoms with Gasteiger partial charge in [0.2, 0.25) is 0 Å². The average molecular weight is 276 g/mol. The van der Waals surface area contributed by atoms with E-state index in [2.05, 4.69) is 46.5 Å². The number of hydrogen-bond donors (Lipinski definition) is 0. The molecule has 0 spiro atoms. The first-order valence-electron chi connectivity index (χ1n) is 8.14. The van der Waals surface area contributed by atoms with Crippen molar-refractivity contribution >= 4 is 0 Å². The molecule has 1 atom stereocenters. The molecule has 0 amide bonds. The quantitative estimate of drug-likeness (QED) is 0.848. The second-order valence-electron chi connectivity index (χ2n) is 6.72. The molecule has 2 saturated heterocycles. The normalized spacial score (nSPS) is 26.7. The highest BCUT2D eigenvalue weighted by Gasteiger charge is 2.32. The predicted molar refractivity (Wildman–Crippen MR) is 81.8 cm³/mol. The molecule has 1 aromatic heterocycles. The molecule has 4 nitrogen and oxygen atoms in total. The van der Waals surface area contributed by atoms with E-state index in [1.165, 1.54) is 51.0 Å². The molecule has 3 heterocycles. The molecular formula is C16H28N4. The van der Waals surface area contributed by atoms with Gasteiger partial charge in [0, 0.05) is 12.2 Å². The fourth-order valence-corrected chi connectivity index (χ4v) is 3.86. The lowest BCUT2D eigenvalue weighted by molar-refractivity contribution is 0.177. The number of aromatic nitrogens is 2. The van der Waals surface area contributed by atoms with Crippen LogP contribution in [-0.2, 0) is 0 Å². The number of hydrogen-bond acceptors (Lipinski definition) is 3. The molecule has 0 N–H and O–H groups in total. The van der Waals surface area contributed by atoms with Crippen molar-refractivity contribution in [2.24, 2.45) is 0 Å². The molecule has 1 unspecified atom stereocenters. The van der Waals surface area contributed by atoms with Crippen molar-refractivity contribution in [3.63, 3.8) is 0 Å². The Morgan fingerprint density at radius 1 is 1.15 bits per heavy atom. The number of piperidine rings is 1. The zero-order chi connectivity index (χ0) is 14.1. The van der Waals surface area contributed by atoms with E-state index in [1.807, 2.05) is 6.20 Å². The summed E-state index contributed by atoms with van der Waals surface area (Å²) in [5, 5.41) is 4.67. The smallest absolute Gasteiger partial charge is 0.0559 e. The van der Waals surface area contributed by atoms with E-state index in [1.54, 1.807) is 0 Å². The van der Waals surface area contributed by atoms with Crippen molar-refractivity contribution in [2.75, 3.05) is 26.7 Å². The molecule has 3 rings (SSSR count). The summed E-state index contributed by atoms with van der Waals surface area (Å²) in [7, 11) is 2.22. The maximum Gasteiger partial charge on any atom is 0.0559 e. The van der Waals surface area contributed by atoms with Gasteiger partial charge in [-0.2, -0.15) is 5.10 Å². The molecule has 20 heavy (non-hydrogen) atoms. The van der Waals surface area contributed by atoms with Gasteiger partial charge in [-0.05, 0) is 72.3 Å². The molecule has 0 radical (unpaired) electrons. The van der Waals surface area contributed by atoms with Gasteiger partial charge in [0.25, 0.3) is 0 Å². The summed E-state index contributed by atoms with van der Waals surface area (Å²) in [4.78, 5) is 5.07. The van der Waals surface area contributed by atoms with Crippen LogP contribution < -0.4 is 0 Å². The van der Waals surface area contributed by atoms with E-state index in [0.717, 1.165) is 0 Å². The van der Waals surface area contributed by atoms with Crippen LogP contribution in [0, 0.1) is 0 Å². The Morgan fingerprint density at radius 3 is 2.60 bits per heavy atom. The zero-order valence-corrected chi connectivity index (χ0v) is 13.1. The Labute approximate surface area is 122 Å². The van der Waals surface area contributed by atoms with Gasteiger partial charge in [0.1, 0.15) is 0 Å². The molecule has 0 bridgehead atoms. The average Bonchev–Trinajstić information content (AvgIpc) is 3.07. The SMILES string of the molecule is CC(C)N1CCCC1c1ccnn1C1CCN(C)CC1. The second-order valence-corrected chi connectivity index (χ2v) is 6.72. The fraction of sp³-hybridized carbons (Fsp3) is 0.812. The zero-order valence-electron chi connectivity index (χ0n) is 13.1. The van der Waals surface area contributed by atoms with Gasteiger partial charge < -0.3 is 4.90 Å². The third kappa shape index (κ3) is 2.63. The maximum absolute atomic E-state index is 4.67. The first kappa shape index (κ1) is 14.1. The van der Waals surface area contributed by atoms with Crippen molar-refractivity contribution in [3.8, 4) is 0 Å². The van der Waals surface area contributed by atoms with Crippen LogP contribution in [0.15, 0.2) is 12.3 Å². The molecular weight excluding hydrogens is 248 g/mol. The van der Waals surface area contributed by atoms with Gasteiger partial charge in [-0.3, -0.25) is 9.58 Å². The molecule has 0 saturated carbocycles.